The number of benzene rings is 2. The minimum Gasteiger partial charge on any atom is -0.388 e. The molecule has 0 aliphatic carbocycles. The zero-order chi connectivity index (χ0) is 13.9. The van der Waals surface area contributed by atoms with Crippen LogP contribution in [0.1, 0.15) is 36.1 Å². The van der Waals surface area contributed by atoms with E-state index in [4.69, 9.17) is 0 Å². The Morgan fingerprint density at radius 2 is 1.75 bits per heavy atom. The molecule has 0 amide bonds. The van der Waals surface area contributed by atoms with Gasteiger partial charge in [0.1, 0.15) is 0 Å². The van der Waals surface area contributed by atoms with Gasteiger partial charge in [-0.15, -0.1) is 0 Å². The van der Waals surface area contributed by atoms with Crippen LogP contribution < -0.4 is 4.90 Å². The minimum atomic E-state index is -0.372. The molecule has 2 aromatic carbocycles. The van der Waals surface area contributed by atoms with Gasteiger partial charge in [0.15, 0.2) is 0 Å². The molecule has 104 valence electrons. The maximum absolute atomic E-state index is 10.2. The molecule has 0 aromatic heterocycles. The quantitative estimate of drug-likeness (QED) is 0.916. The molecule has 0 radical (unpaired) electrons. The summed E-state index contributed by atoms with van der Waals surface area (Å²) < 4.78 is 0. The van der Waals surface area contributed by atoms with Crippen LogP contribution in [-0.4, -0.2) is 11.7 Å². The minimum absolute atomic E-state index is 0.372. The number of para-hydroxylation sites is 1. The van der Waals surface area contributed by atoms with Gasteiger partial charge in [0.2, 0.25) is 0 Å². The second kappa shape index (κ2) is 5.68. The van der Waals surface area contributed by atoms with E-state index in [1.807, 2.05) is 19.1 Å². The first kappa shape index (κ1) is 13.2. The largest absolute Gasteiger partial charge is 0.388 e. The zero-order valence-electron chi connectivity index (χ0n) is 11.9. The van der Waals surface area contributed by atoms with E-state index in [0.29, 0.717) is 0 Å². The van der Waals surface area contributed by atoms with Crippen LogP contribution in [0, 0.1) is 0 Å². The lowest BCUT2D eigenvalue weighted by Crippen LogP contribution is -2.31. The highest BCUT2D eigenvalue weighted by Gasteiger charge is 2.20. The van der Waals surface area contributed by atoms with Gasteiger partial charge in [0.25, 0.3) is 0 Å². The molecule has 0 saturated heterocycles. The Morgan fingerprint density at radius 3 is 2.55 bits per heavy atom. The first-order chi connectivity index (χ1) is 9.79. The van der Waals surface area contributed by atoms with Gasteiger partial charge in [-0.1, -0.05) is 49.4 Å². The molecule has 1 aliphatic rings. The van der Waals surface area contributed by atoms with Gasteiger partial charge < -0.3 is 10.0 Å². The Hall–Kier alpha value is -1.80. The third kappa shape index (κ3) is 2.44. The van der Waals surface area contributed by atoms with Crippen LogP contribution in [0.5, 0.6) is 0 Å². The molecule has 1 atom stereocenters. The van der Waals surface area contributed by atoms with Crippen molar-refractivity contribution in [2.24, 2.45) is 0 Å². The maximum atomic E-state index is 10.2. The van der Waals surface area contributed by atoms with E-state index < -0.39 is 0 Å². The third-order valence-corrected chi connectivity index (χ3v) is 4.15. The van der Waals surface area contributed by atoms with Crippen molar-refractivity contribution in [2.45, 2.75) is 32.4 Å². The monoisotopic (exact) mass is 267 g/mol. The van der Waals surface area contributed by atoms with Crippen molar-refractivity contribution in [3.63, 3.8) is 0 Å². The van der Waals surface area contributed by atoms with E-state index in [1.54, 1.807) is 0 Å². The van der Waals surface area contributed by atoms with Crippen LogP contribution in [0.4, 0.5) is 5.69 Å². The van der Waals surface area contributed by atoms with Crippen LogP contribution in [0.15, 0.2) is 48.5 Å². The Kier molecular flexibility index (Phi) is 3.75. The Labute approximate surface area is 120 Å². The summed E-state index contributed by atoms with van der Waals surface area (Å²) in [4.78, 5) is 2.39. The number of fused-ring (bicyclic) bond motifs is 1. The van der Waals surface area contributed by atoms with E-state index in [2.05, 4.69) is 41.3 Å². The molecular weight excluding hydrogens is 246 g/mol. The number of hydrogen-bond acceptors (Lipinski definition) is 2. The summed E-state index contributed by atoms with van der Waals surface area (Å²) in [6.07, 6.45) is 1.46. The van der Waals surface area contributed by atoms with Crippen LogP contribution in [0.2, 0.25) is 0 Å². The molecule has 20 heavy (non-hydrogen) atoms. The first-order valence-corrected chi connectivity index (χ1v) is 7.38. The Balaban J connectivity index is 1.92. The lowest BCUT2D eigenvalue weighted by atomic mass is 9.97. The molecule has 0 unspecified atom stereocenters. The maximum Gasteiger partial charge on any atom is 0.0807 e. The average molecular weight is 267 g/mol. The molecule has 0 fully saturated rings. The highest BCUT2D eigenvalue weighted by molar-refractivity contribution is 5.56. The van der Waals surface area contributed by atoms with E-state index in [0.717, 1.165) is 31.5 Å². The smallest absolute Gasteiger partial charge is 0.0807 e. The van der Waals surface area contributed by atoms with Crippen LogP contribution in [0.3, 0.4) is 0 Å². The summed E-state index contributed by atoms with van der Waals surface area (Å²) in [6.45, 7) is 3.97. The number of aliphatic hydroxyl groups is 1. The standard InChI is InChI=1S/C18H21NO/c1-2-18(20)16-9-5-6-10-17(16)19-12-11-14-7-3-4-8-15(14)13-19/h3-10,18,20H,2,11-13H2,1H3/t18-/m0/s1. The van der Waals surface area contributed by atoms with E-state index in [-0.39, 0.29) is 6.10 Å². The molecule has 0 saturated carbocycles. The molecule has 1 N–H and O–H groups in total. The molecule has 2 nitrogen and oxygen atoms in total. The molecular formula is C18H21NO. The number of anilines is 1. The van der Waals surface area contributed by atoms with Gasteiger partial charge >= 0.3 is 0 Å². The lowest BCUT2D eigenvalue weighted by molar-refractivity contribution is 0.174. The third-order valence-electron chi connectivity index (χ3n) is 4.15. The van der Waals surface area contributed by atoms with Gasteiger partial charge in [-0.2, -0.15) is 0 Å². The first-order valence-electron chi connectivity index (χ1n) is 7.38. The van der Waals surface area contributed by atoms with Gasteiger partial charge in [-0.25, -0.2) is 0 Å². The molecule has 0 bridgehead atoms. The van der Waals surface area contributed by atoms with Crippen LogP contribution in [-0.2, 0) is 13.0 Å². The van der Waals surface area contributed by atoms with Gasteiger partial charge in [0.05, 0.1) is 6.10 Å². The van der Waals surface area contributed by atoms with Crippen LogP contribution in [0.25, 0.3) is 0 Å². The number of nitrogens with zero attached hydrogens (tertiary/aromatic N) is 1. The fraction of sp³-hybridized carbons (Fsp3) is 0.333. The highest BCUT2D eigenvalue weighted by Crippen LogP contribution is 2.31. The summed E-state index contributed by atoms with van der Waals surface area (Å²) in [5.41, 5.74) is 5.09. The molecule has 3 rings (SSSR count). The average Bonchev–Trinajstić information content (AvgIpc) is 2.53. The molecule has 1 aliphatic heterocycles. The fourth-order valence-corrected chi connectivity index (χ4v) is 2.98. The summed E-state index contributed by atoms with van der Waals surface area (Å²) >= 11 is 0. The van der Waals surface area contributed by atoms with Crippen LogP contribution >= 0.6 is 0 Å². The van der Waals surface area contributed by atoms with Crippen molar-refractivity contribution in [3.05, 3.63) is 65.2 Å². The normalized spacial score (nSPS) is 15.8. The molecule has 0 spiro atoms. The van der Waals surface area contributed by atoms with Crippen molar-refractivity contribution in [1.29, 1.82) is 0 Å². The Morgan fingerprint density at radius 1 is 1.05 bits per heavy atom. The SMILES string of the molecule is CC[C@H](O)c1ccccc1N1CCc2ccccc2C1. The van der Waals surface area contributed by atoms with Gasteiger partial charge in [0, 0.05) is 24.3 Å². The number of hydrogen-bond donors (Lipinski definition) is 1. The van der Waals surface area contributed by atoms with Crippen molar-refractivity contribution >= 4 is 5.69 Å². The molecule has 2 heteroatoms. The van der Waals surface area contributed by atoms with Gasteiger partial charge in [-0.3, -0.25) is 0 Å². The van der Waals surface area contributed by atoms with Crippen molar-refractivity contribution in [1.82, 2.24) is 0 Å². The summed E-state index contributed by atoms with van der Waals surface area (Å²) in [6, 6.07) is 16.9. The van der Waals surface area contributed by atoms with Gasteiger partial charge in [-0.05, 0) is 30.0 Å². The van der Waals surface area contributed by atoms with Crippen molar-refractivity contribution < 1.29 is 5.11 Å². The predicted octanol–water partition coefficient (Wildman–Crippen LogP) is 3.69. The second-order valence-electron chi connectivity index (χ2n) is 5.42. The zero-order valence-corrected chi connectivity index (χ0v) is 11.9. The molecule has 2 aromatic rings. The summed E-state index contributed by atoms with van der Waals surface area (Å²) in [7, 11) is 0. The fourth-order valence-electron chi connectivity index (χ4n) is 2.98. The second-order valence-corrected chi connectivity index (χ2v) is 5.42. The summed E-state index contributed by atoms with van der Waals surface area (Å²) in [5.74, 6) is 0. The van der Waals surface area contributed by atoms with Crippen molar-refractivity contribution in [3.8, 4) is 0 Å². The van der Waals surface area contributed by atoms with E-state index in [9.17, 15) is 5.11 Å². The lowest BCUT2D eigenvalue weighted by Gasteiger charge is -2.33. The predicted molar refractivity (Wildman–Crippen MR) is 82.9 cm³/mol. The Bertz CT molecular complexity index is 593. The number of aliphatic hydroxyl groups excluding tert-OH is 1. The van der Waals surface area contributed by atoms with E-state index >= 15 is 0 Å². The number of rotatable bonds is 3. The van der Waals surface area contributed by atoms with Crippen molar-refractivity contribution in [2.75, 3.05) is 11.4 Å². The highest BCUT2D eigenvalue weighted by atomic mass is 16.3. The topological polar surface area (TPSA) is 23.5 Å². The summed E-state index contributed by atoms with van der Waals surface area (Å²) in [5, 5.41) is 10.2. The molecule has 1 heterocycles. The van der Waals surface area contributed by atoms with E-state index in [1.165, 1.54) is 16.8 Å².